The van der Waals surface area contributed by atoms with Gasteiger partial charge in [0.25, 0.3) is 0 Å². The third-order valence-corrected chi connectivity index (χ3v) is 3.15. The van der Waals surface area contributed by atoms with E-state index in [4.69, 9.17) is 5.73 Å². The van der Waals surface area contributed by atoms with E-state index in [2.05, 4.69) is 11.8 Å². The van der Waals surface area contributed by atoms with E-state index >= 15 is 0 Å². The predicted molar refractivity (Wildman–Crippen MR) is 59.1 cm³/mol. The van der Waals surface area contributed by atoms with Crippen LogP contribution in [0.1, 0.15) is 24.0 Å². The van der Waals surface area contributed by atoms with Gasteiger partial charge in [0.1, 0.15) is 5.82 Å². The molecule has 3 heteroatoms. The molecule has 0 saturated carbocycles. The van der Waals surface area contributed by atoms with Crippen molar-refractivity contribution in [2.75, 3.05) is 19.6 Å². The van der Waals surface area contributed by atoms with Crippen LogP contribution in [0.15, 0.2) is 18.2 Å². The van der Waals surface area contributed by atoms with Crippen LogP contribution in [-0.2, 0) is 6.54 Å². The van der Waals surface area contributed by atoms with Crippen LogP contribution < -0.4 is 5.73 Å². The summed E-state index contributed by atoms with van der Waals surface area (Å²) in [5, 5.41) is 0. The Hall–Kier alpha value is -0.930. The number of likely N-dealkylation sites (N-methyl/N-ethyl adjacent to an activating group) is 1. The lowest BCUT2D eigenvalue weighted by Crippen LogP contribution is -2.36. The van der Waals surface area contributed by atoms with E-state index in [1.165, 1.54) is 11.6 Å². The zero-order valence-corrected chi connectivity index (χ0v) is 9.04. The van der Waals surface area contributed by atoms with Gasteiger partial charge in [0.05, 0.1) is 0 Å². The lowest BCUT2D eigenvalue weighted by atomic mass is 9.90. The molecule has 2 nitrogen and oxygen atoms in total. The fourth-order valence-electron chi connectivity index (χ4n) is 2.27. The van der Waals surface area contributed by atoms with Crippen molar-refractivity contribution in [3.8, 4) is 0 Å². The Labute approximate surface area is 89.9 Å². The molecule has 0 aromatic heterocycles. The minimum absolute atomic E-state index is 0.150. The van der Waals surface area contributed by atoms with Crippen molar-refractivity contribution in [3.63, 3.8) is 0 Å². The molecule has 0 radical (unpaired) electrons. The molecule has 82 valence electrons. The highest BCUT2D eigenvalue weighted by molar-refractivity contribution is 5.33. The van der Waals surface area contributed by atoms with Crippen LogP contribution in [0, 0.1) is 5.82 Å². The van der Waals surface area contributed by atoms with Crippen molar-refractivity contribution in [2.24, 2.45) is 5.73 Å². The molecule has 1 aromatic carbocycles. The maximum Gasteiger partial charge on any atom is 0.123 e. The van der Waals surface area contributed by atoms with Crippen molar-refractivity contribution < 1.29 is 4.39 Å². The smallest absolute Gasteiger partial charge is 0.123 e. The van der Waals surface area contributed by atoms with E-state index in [0.717, 1.165) is 25.2 Å². The van der Waals surface area contributed by atoms with Gasteiger partial charge in [-0.05, 0) is 29.8 Å². The zero-order valence-electron chi connectivity index (χ0n) is 9.04. The van der Waals surface area contributed by atoms with E-state index in [0.29, 0.717) is 12.5 Å². The molecular formula is C12H17FN2. The molecule has 1 aliphatic rings. The van der Waals surface area contributed by atoms with Crippen molar-refractivity contribution in [2.45, 2.75) is 19.4 Å². The fraction of sp³-hybridized carbons (Fsp3) is 0.500. The first kappa shape index (κ1) is 10.6. The van der Waals surface area contributed by atoms with Crippen LogP contribution in [-0.4, -0.2) is 24.5 Å². The Morgan fingerprint density at radius 1 is 1.53 bits per heavy atom. The van der Waals surface area contributed by atoms with E-state index in [1.54, 1.807) is 6.07 Å². The zero-order chi connectivity index (χ0) is 10.8. The first-order chi connectivity index (χ1) is 7.24. The highest BCUT2D eigenvalue weighted by Gasteiger charge is 2.23. The van der Waals surface area contributed by atoms with Crippen LogP contribution in [0.25, 0.3) is 0 Å². The van der Waals surface area contributed by atoms with E-state index in [9.17, 15) is 4.39 Å². The Balaban J connectivity index is 2.35. The molecular weight excluding hydrogens is 191 g/mol. The van der Waals surface area contributed by atoms with E-state index < -0.39 is 0 Å². The quantitative estimate of drug-likeness (QED) is 0.801. The SMILES string of the molecule is CCN1Cc2cc(F)ccc2C(CN)C1. The van der Waals surface area contributed by atoms with Crippen LogP contribution >= 0.6 is 0 Å². The number of benzene rings is 1. The maximum absolute atomic E-state index is 13.1. The van der Waals surface area contributed by atoms with Gasteiger partial charge in [-0.15, -0.1) is 0 Å². The van der Waals surface area contributed by atoms with E-state index in [-0.39, 0.29) is 5.82 Å². The Bertz CT molecular complexity index is 351. The number of nitrogens with two attached hydrogens (primary N) is 1. The second-order valence-corrected chi connectivity index (χ2v) is 4.10. The molecule has 0 aliphatic carbocycles. The van der Waals surface area contributed by atoms with Gasteiger partial charge >= 0.3 is 0 Å². The van der Waals surface area contributed by atoms with Crippen molar-refractivity contribution in [1.82, 2.24) is 4.90 Å². The summed E-state index contributed by atoms with van der Waals surface area (Å²) in [5.41, 5.74) is 8.07. The maximum atomic E-state index is 13.1. The number of fused-ring (bicyclic) bond motifs is 1. The van der Waals surface area contributed by atoms with Gasteiger partial charge < -0.3 is 5.73 Å². The molecule has 1 unspecified atom stereocenters. The van der Waals surface area contributed by atoms with Crippen molar-refractivity contribution in [1.29, 1.82) is 0 Å². The Morgan fingerprint density at radius 3 is 3.00 bits per heavy atom. The average Bonchev–Trinajstić information content (AvgIpc) is 2.26. The van der Waals surface area contributed by atoms with E-state index in [1.807, 2.05) is 6.07 Å². The Kier molecular flexibility index (Phi) is 3.03. The molecule has 2 N–H and O–H groups in total. The molecule has 1 heterocycles. The van der Waals surface area contributed by atoms with Crippen molar-refractivity contribution >= 4 is 0 Å². The van der Waals surface area contributed by atoms with Gasteiger partial charge in [-0.1, -0.05) is 13.0 Å². The number of halogens is 1. The summed E-state index contributed by atoms with van der Waals surface area (Å²) in [6, 6.07) is 5.05. The van der Waals surface area contributed by atoms with Gasteiger partial charge in [-0.2, -0.15) is 0 Å². The van der Waals surface area contributed by atoms with Gasteiger partial charge in [-0.25, -0.2) is 4.39 Å². The molecule has 0 spiro atoms. The first-order valence-electron chi connectivity index (χ1n) is 5.45. The third-order valence-electron chi connectivity index (χ3n) is 3.15. The highest BCUT2D eigenvalue weighted by atomic mass is 19.1. The summed E-state index contributed by atoms with van der Waals surface area (Å²) in [5.74, 6) is 0.205. The second-order valence-electron chi connectivity index (χ2n) is 4.10. The average molecular weight is 208 g/mol. The molecule has 1 aromatic rings. The van der Waals surface area contributed by atoms with Crippen molar-refractivity contribution in [3.05, 3.63) is 35.1 Å². The Morgan fingerprint density at radius 2 is 2.33 bits per heavy atom. The highest BCUT2D eigenvalue weighted by Crippen LogP contribution is 2.27. The van der Waals surface area contributed by atoms with Crippen LogP contribution in [0.5, 0.6) is 0 Å². The summed E-state index contributed by atoms with van der Waals surface area (Å²) in [6.07, 6.45) is 0. The summed E-state index contributed by atoms with van der Waals surface area (Å²) in [4.78, 5) is 2.30. The minimum atomic E-state index is -0.150. The molecule has 0 fully saturated rings. The summed E-state index contributed by atoms with van der Waals surface area (Å²) < 4.78 is 13.1. The normalized spacial score (nSPS) is 21.4. The van der Waals surface area contributed by atoms with Gasteiger partial charge in [0.2, 0.25) is 0 Å². The van der Waals surface area contributed by atoms with Gasteiger partial charge in [-0.3, -0.25) is 4.90 Å². The largest absolute Gasteiger partial charge is 0.330 e. The second kappa shape index (κ2) is 4.29. The lowest BCUT2D eigenvalue weighted by Gasteiger charge is -2.33. The molecule has 0 bridgehead atoms. The number of nitrogens with zero attached hydrogens (tertiary/aromatic N) is 1. The van der Waals surface area contributed by atoms with Crippen LogP contribution in [0.2, 0.25) is 0 Å². The first-order valence-corrected chi connectivity index (χ1v) is 5.45. The number of hydrogen-bond acceptors (Lipinski definition) is 2. The molecule has 15 heavy (non-hydrogen) atoms. The predicted octanol–water partition coefficient (Wildman–Crippen LogP) is 1.70. The standard InChI is InChI=1S/C12H17FN2/c1-2-15-7-9-5-11(13)3-4-12(9)10(6-14)8-15/h3-5,10H,2,6-8,14H2,1H3. The topological polar surface area (TPSA) is 29.3 Å². The monoisotopic (exact) mass is 208 g/mol. The summed E-state index contributed by atoms with van der Waals surface area (Å²) in [6.45, 7) is 5.59. The third kappa shape index (κ3) is 2.03. The number of rotatable bonds is 2. The molecule has 2 rings (SSSR count). The number of hydrogen-bond donors (Lipinski definition) is 1. The molecule has 1 aliphatic heterocycles. The summed E-state index contributed by atoms with van der Waals surface area (Å²) >= 11 is 0. The van der Waals surface area contributed by atoms with Crippen LogP contribution in [0.3, 0.4) is 0 Å². The lowest BCUT2D eigenvalue weighted by molar-refractivity contribution is 0.243. The minimum Gasteiger partial charge on any atom is -0.330 e. The van der Waals surface area contributed by atoms with Crippen LogP contribution in [0.4, 0.5) is 4.39 Å². The fourth-order valence-corrected chi connectivity index (χ4v) is 2.27. The molecule has 0 saturated heterocycles. The molecule has 1 atom stereocenters. The van der Waals surface area contributed by atoms with Gasteiger partial charge in [0.15, 0.2) is 0 Å². The molecule has 0 amide bonds. The van der Waals surface area contributed by atoms with Gasteiger partial charge in [0, 0.05) is 25.6 Å². The summed E-state index contributed by atoms with van der Waals surface area (Å²) in [7, 11) is 0.